The molecule has 0 saturated heterocycles. The molecule has 0 aliphatic heterocycles. The lowest BCUT2D eigenvalue weighted by atomic mass is 10.2. The Morgan fingerprint density at radius 3 is 2.31 bits per heavy atom. The van der Waals surface area contributed by atoms with Crippen LogP contribution in [0.25, 0.3) is 0 Å². The number of benzene rings is 2. The molecule has 0 heterocycles. The monoisotopic (exact) mass is 227 g/mol. The molecule has 2 rings (SSSR count). The molecule has 2 nitrogen and oxygen atoms in total. The quantitative estimate of drug-likeness (QED) is 0.800. The largest absolute Gasteiger partial charge is 0.376 e. The van der Waals surface area contributed by atoms with Gasteiger partial charge in [-0.05, 0) is 42.5 Å². The zero-order valence-corrected chi connectivity index (χ0v) is 9.45. The van der Waals surface area contributed by atoms with E-state index >= 15 is 0 Å². The van der Waals surface area contributed by atoms with Crippen LogP contribution in [0.4, 0.5) is 11.4 Å². The van der Waals surface area contributed by atoms with E-state index in [-0.39, 0.29) is 0 Å². The van der Waals surface area contributed by atoms with Crippen molar-refractivity contribution in [3.8, 4) is 0 Å². The second-order valence-corrected chi connectivity index (χ2v) is 3.69. The summed E-state index contributed by atoms with van der Waals surface area (Å²) >= 11 is 5.07. The maximum Gasteiger partial charge on any atom is 0.175 e. The van der Waals surface area contributed by atoms with Crippen molar-refractivity contribution in [3.63, 3.8) is 0 Å². The van der Waals surface area contributed by atoms with Crippen LogP contribution < -0.4 is 10.6 Å². The lowest BCUT2D eigenvalue weighted by molar-refractivity contribution is 1.34. The highest BCUT2D eigenvalue weighted by Crippen LogP contribution is 2.24. The molecule has 0 bridgehead atoms. The highest BCUT2D eigenvalue weighted by Gasteiger charge is 2.10. The molecular formula is C13H11N2S. The molecule has 1 radical (unpaired) electrons. The third-order valence-corrected chi connectivity index (χ3v) is 2.37. The van der Waals surface area contributed by atoms with Gasteiger partial charge < -0.3 is 5.73 Å². The Hall–Kier alpha value is -1.87. The second-order valence-electron chi connectivity index (χ2n) is 3.27. The average molecular weight is 227 g/mol. The van der Waals surface area contributed by atoms with Gasteiger partial charge in [0.2, 0.25) is 0 Å². The Morgan fingerprint density at radius 1 is 1.06 bits per heavy atom. The van der Waals surface area contributed by atoms with Crippen LogP contribution in [0.1, 0.15) is 0 Å². The molecule has 0 amide bonds. The number of thiocarbonyl (C=S) groups is 1. The van der Waals surface area contributed by atoms with Crippen LogP contribution in [-0.4, -0.2) is 5.11 Å². The number of hydrogen-bond acceptors (Lipinski definition) is 1. The lowest BCUT2D eigenvalue weighted by Crippen LogP contribution is -2.30. The fraction of sp³-hybridized carbons (Fsp3) is 0. The molecule has 16 heavy (non-hydrogen) atoms. The van der Waals surface area contributed by atoms with Gasteiger partial charge in [-0.3, -0.25) is 4.90 Å². The summed E-state index contributed by atoms with van der Waals surface area (Å²) < 4.78 is 0. The van der Waals surface area contributed by atoms with Crippen molar-refractivity contribution < 1.29 is 0 Å². The molecule has 0 spiro atoms. The summed E-state index contributed by atoms with van der Waals surface area (Å²) in [6, 6.07) is 20.3. The Kier molecular flexibility index (Phi) is 3.17. The summed E-state index contributed by atoms with van der Waals surface area (Å²) in [6.07, 6.45) is 0. The molecule has 0 aliphatic rings. The number of hydrogen-bond donors (Lipinski definition) is 1. The predicted molar refractivity (Wildman–Crippen MR) is 70.6 cm³/mol. The van der Waals surface area contributed by atoms with E-state index < -0.39 is 0 Å². The zero-order valence-electron chi connectivity index (χ0n) is 8.63. The summed E-state index contributed by atoms with van der Waals surface area (Å²) in [5.41, 5.74) is 7.62. The molecule has 2 aromatic carbocycles. The van der Waals surface area contributed by atoms with Gasteiger partial charge in [-0.15, -0.1) is 0 Å². The molecule has 3 heteroatoms. The van der Waals surface area contributed by atoms with Gasteiger partial charge in [0, 0.05) is 11.4 Å². The summed E-state index contributed by atoms with van der Waals surface area (Å²) in [5, 5.41) is 0.325. The first-order valence-corrected chi connectivity index (χ1v) is 5.30. The van der Waals surface area contributed by atoms with E-state index in [2.05, 4.69) is 6.07 Å². The minimum absolute atomic E-state index is 0.325. The molecule has 2 aromatic rings. The van der Waals surface area contributed by atoms with Crippen LogP contribution in [0.3, 0.4) is 0 Å². The van der Waals surface area contributed by atoms with Crippen LogP contribution in [-0.2, 0) is 0 Å². The van der Waals surface area contributed by atoms with Crippen molar-refractivity contribution in [1.82, 2.24) is 0 Å². The maximum absolute atomic E-state index is 5.74. The van der Waals surface area contributed by atoms with Crippen molar-refractivity contribution in [1.29, 1.82) is 0 Å². The third kappa shape index (κ3) is 2.20. The van der Waals surface area contributed by atoms with E-state index in [1.54, 1.807) is 0 Å². The highest BCUT2D eigenvalue weighted by atomic mass is 32.1. The number of nitrogens with zero attached hydrogens (tertiary/aromatic N) is 1. The van der Waals surface area contributed by atoms with E-state index in [1.807, 2.05) is 59.5 Å². The first-order chi connectivity index (χ1) is 7.79. The van der Waals surface area contributed by atoms with Crippen LogP contribution in [0, 0.1) is 6.07 Å². The molecule has 0 saturated carbocycles. The summed E-state index contributed by atoms with van der Waals surface area (Å²) in [7, 11) is 0. The zero-order chi connectivity index (χ0) is 11.4. The van der Waals surface area contributed by atoms with Crippen LogP contribution in [0.2, 0.25) is 0 Å². The van der Waals surface area contributed by atoms with Gasteiger partial charge in [-0.1, -0.05) is 30.3 Å². The van der Waals surface area contributed by atoms with Gasteiger partial charge in [0.15, 0.2) is 5.11 Å². The van der Waals surface area contributed by atoms with Gasteiger partial charge >= 0.3 is 0 Å². The van der Waals surface area contributed by atoms with Crippen molar-refractivity contribution in [2.75, 3.05) is 4.90 Å². The molecule has 0 atom stereocenters. The van der Waals surface area contributed by atoms with E-state index in [4.69, 9.17) is 18.0 Å². The van der Waals surface area contributed by atoms with Gasteiger partial charge in [-0.2, -0.15) is 0 Å². The summed E-state index contributed by atoms with van der Waals surface area (Å²) in [5.74, 6) is 0. The standard InChI is InChI=1S/C13H11N2S/c14-13(16)15(11-7-3-1-4-8-11)12-9-5-2-6-10-12/h1-5,7-10H,(H2,14,16). The first kappa shape index (κ1) is 10.6. The van der Waals surface area contributed by atoms with Crippen molar-refractivity contribution in [2.24, 2.45) is 5.73 Å². The molecule has 0 fully saturated rings. The van der Waals surface area contributed by atoms with Crippen LogP contribution in [0.5, 0.6) is 0 Å². The van der Waals surface area contributed by atoms with E-state index in [1.165, 1.54) is 0 Å². The molecule has 79 valence electrons. The first-order valence-electron chi connectivity index (χ1n) is 4.90. The fourth-order valence-electron chi connectivity index (χ4n) is 1.50. The minimum atomic E-state index is 0.325. The Labute approximate surface area is 100 Å². The second kappa shape index (κ2) is 4.77. The van der Waals surface area contributed by atoms with E-state index in [0.717, 1.165) is 11.4 Å². The molecule has 0 aromatic heterocycles. The molecular weight excluding hydrogens is 216 g/mol. The minimum Gasteiger partial charge on any atom is -0.376 e. The number of anilines is 2. The Bertz CT molecular complexity index is 428. The molecule has 2 N–H and O–H groups in total. The smallest absolute Gasteiger partial charge is 0.175 e. The number of nitrogens with two attached hydrogens (primary N) is 1. The average Bonchev–Trinajstić information content (AvgIpc) is 2.31. The number of para-hydroxylation sites is 1. The summed E-state index contributed by atoms with van der Waals surface area (Å²) in [6.45, 7) is 0. The predicted octanol–water partition coefficient (Wildman–Crippen LogP) is 2.87. The molecule has 0 aliphatic carbocycles. The van der Waals surface area contributed by atoms with Crippen molar-refractivity contribution in [3.05, 3.63) is 60.7 Å². The van der Waals surface area contributed by atoms with Gasteiger partial charge in [-0.25, -0.2) is 0 Å². The van der Waals surface area contributed by atoms with E-state index in [9.17, 15) is 0 Å². The maximum atomic E-state index is 5.74. The third-order valence-electron chi connectivity index (χ3n) is 2.18. The topological polar surface area (TPSA) is 29.3 Å². The SMILES string of the molecule is NC(=S)N(c1c[c]ccc1)c1ccccc1. The van der Waals surface area contributed by atoms with Crippen molar-refractivity contribution in [2.45, 2.75) is 0 Å². The van der Waals surface area contributed by atoms with E-state index in [0.29, 0.717) is 5.11 Å². The Morgan fingerprint density at radius 2 is 1.75 bits per heavy atom. The normalized spacial score (nSPS) is 9.75. The van der Waals surface area contributed by atoms with Crippen LogP contribution >= 0.6 is 12.2 Å². The lowest BCUT2D eigenvalue weighted by Gasteiger charge is -2.22. The van der Waals surface area contributed by atoms with Gasteiger partial charge in [0.25, 0.3) is 0 Å². The Balaban J connectivity index is 2.44. The molecule has 0 unspecified atom stereocenters. The summed E-state index contributed by atoms with van der Waals surface area (Å²) in [4.78, 5) is 1.81. The van der Waals surface area contributed by atoms with Crippen molar-refractivity contribution >= 4 is 28.7 Å². The number of rotatable bonds is 2. The van der Waals surface area contributed by atoms with Gasteiger partial charge in [0.05, 0.1) is 0 Å². The highest BCUT2D eigenvalue weighted by molar-refractivity contribution is 7.80. The van der Waals surface area contributed by atoms with Crippen LogP contribution in [0.15, 0.2) is 54.6 Å². The fourth-order valence-corrected chi connectivity index (χ4v) is 1.71. The van der Waals surface area contributed by atoms with Gasteiger partial charge in [0.1, 0.15) is 0 Å².